The van der Waals surface area contributed by atoms with Gasteiger partial charge in [-0.2, -0.15) is 0 Å². The molecule has 5 N–H and O–H groups in total. The van der Waals surface area contributed by atoms with Gasteiger partial charge in [0, 0.05) is 55.2 Å². The summed E-state index contributed by atoms with van der Waals surface area (Å²) in [4.78, 5) is 104. The Hall–Kier alpha value is -9.92. The summed E-state index contributed by atoms with van der Waals surface area (Å²) in [5, 5.41) is 14.0. The quantitative estimate of drug-likeness (QED) is 0.0176. The van der Waals surface area contributed by atoms with Crippen molar-refractivity contribution in [1.82, 2.24) is 31.5 Å². The number of rotatable bonds is 57. The molecule has 688 valence electrons. The van der Waals surface area contributed by atoms with Crippen LogP contribution in [0.4, 0.5) is 9.18 Å². The number of amides is 6. The van der Waals surface area contributed by atoms with Gasteiger partial charge in [-0.25, -0.2) is 9.18 Å². The molecule has 0 bridgehead atoms. The van der Waals surface area contributed by atoms with Gasteiger partial charge in [-0.3, -0.25) is 28.8 Å². The SMILES string of the molecule is CCCCCCCCCCCCCCCCCCCCCCOCCCCCCCCCCCCOc1ccc2c(c1)C(OC(=O)CNC(=O)[C@@H]1CCCN1C(=O)[C@H](C)NC(=O)[C@H](COC(C)(C)C)NC(=O)[C@H](Cc1ccccc1)NC(=O)[C@H](Cc1ccc(OC(C)(C)C)cc1)NC(=O)OCC1c3ccccc3-c3ccccc31)(c1cccc(F)c1)c1ccccc1-2. The number of likely N-dealkylation sites (tertiary alicyclic amines) is 1. The lowest BCUT2D eigenvalue weighted by molar-refractivity contribution is -0.153. The van der Waals surface area contributed by atoms with Crippen LogP contribution in [0.15, 0.2) is 170 Å². The van der Waals surface area contributed by atoms with Crippen molar-refractivity contribution in [3.05, 3.63) is 215 Å². The number of carbonyl (C=O) groups is 7. The summed E-state index contributed by atoms with van der Waals surface area (Å²) in [5.41, 5.74) is 5.60. The van der Waals surface area contributed by atoms with Crippen molar-refractivity contribution in [2.75, 3.05) is 46.1 Å². The first-order valence-corrected chi connectivity index (χ1v) is 48.0. The molecule has 1 saturated heterocycles. The highest BCUT2D eigenvalue weighted by molar-refractivity contribution is 5.97. The molecule has 0 radical (unpaired) electrons. The molecule has 1 heterocycles. The number of nitrogens with zero attached hydrogens (tertiary/aromatic N) is 1. The Morgan fingerprint density at radius 1 is 0.472 bits per heavy atom. The van der Waals surface area contributed by atoms with Crippen LogP contribution in [0.25, 0.3) is 22.3 Å². The summed E-state index contributed by atoms with van der Waals surface area (Å²) >= 11 is 0. The number of fused-ring (bicyclic) bond motifs is 6. The molecule has 0 aromatic heterocycles. The highest BCUT2D eigenvalue weighted by Gasteiger charge is 2.49. The van der Waals surface area contributed by atoms with E-state index in [4.69, 9.17) is 28.4 Å². The minimum atomic E-state index is -1.66. The summed E-state index contributed by atoms with van der Waals surface area (Å²) in [5.74, 6) is -3.96. The van der Waals surface area contributed by atoms with Gasteiger partial charge in [0.2, 0.25) is 29.5 Å². The van der Waals surface area contributed by atoms with Crippen molar-refractivity contribution in [2.24, 2.45) is 0 Å². The molecule has 1 fully saturated rings. The molecule has 6 atom stereocenters. The van der Waals surface area contributed by atoms with Crippen LogP contribution in [0.3, 0.4) is 0 Å². The van der Waals surface area contributed by atoms with Crippen molar-refractivity contribution in [3.8, 4) is 33.8 Å². The number of hydrogen-bond acceptors (Lipinski definition) is 13. The van der Waals surface area contributed by atoms with Gasteiger partial charge in [0.25, 0.3) is 0 Å². The molecule has 1 aliphatic heterocycles. The highest BCUT2D eigenvalue weighted by atomic mass is 19.1. The molecule has 6 amide bonds. The van der Waals surface area contributed by atoms with E-state index in [9.17, 15) is 28.8 Å². The predicted molar refractivity (Wildman–Crippen MR) is 502 cm³/mol. The molecule has 2 aliphatic carbocycles. The van der Waals surface area contributed by atoms with Crippen LogP contribution in [-0.2, 0) is 66.2 Å². The van der Waals surface area contributed by atoms with E-state index in [1.807, 2.05) is 118 Å². The van der Waals surface area contributed by atoms with Crippen LogP contribution in [0, 0.1) is 5.82 Å². The van der Waals surface area contributed by atoms with Gasteiger partial charge in [0.15, 0.2) is 5.60 Å². The molecule has 1 unspecified atom stereocenters. The van der Waals surface area contributed by atoms with Crippen LogP contribution >= 0.6 is 0 Å². The number of ether oxygens (including phenoxy) is 6. The highest BCUT2D eigenvalue weighted by Crippen LogP contribution is 2.54. The number of esters is 1. The molecule has 0 saturated carbocycles. The average molecular weight is 1740 g/mol. The zero-order valence-electron chi connectivity index (χ0n) is 77.3. The summed E-state index contributed by atoms with van der Waals surface area (Å²) < 4.78 is 52.8. The molecule has 127 heavy (non-hydrogen) atoms. The molecule has 3 aliphatic rings. The molecule has 10 rings (SSSR count). The van der Waals surface area contributed by atoms with E-state index in [1.54, 1.807) is 81.4 Å². The molecule has 20 heteroatoms. The summed E-state index contributed by atoms with van der Waals surface area (Å²) in [7, 11) is 0. The first-order chi connectivity index (χ1) is 61.5. The fraction of sp³-hybridized carbons (Fsp3) is 0.542. The molecular formula is C107H145FN6O13. The average Bonchev–Trinajstić information content (AvgIpc) is 1.55. The third-order valence-corrected chi connectivity index (χ3v) is 24.5. The Morgan fingerprint density at radius 3 is 1.50 bits per heavy atom. The van der Waals surface area contributed by atoms with Crippen LogP contribution in [0.5, 0.6) is 11.5 Å². The number of halogens is 1. The lowest BCUT2D eigenvalue weighted by Gasteiger charge is -2.33. The number of nitrogens with one attached hydrogen (secondary N) is 5. The van der Waals surface area contributed by atoms with Crippen LogP contribution < -0.4 is 36.1 Å². The van der Waals surface area contributed by atoms with Crippen LogP contribution in [0.1, 0.15) is 306 Å². The first kappa shape index (κ1) is 99.2. The Balaban J connectivity index is 0.676. The van der Waals surface area contributed by atoms with Crippen molar-refractivity contribution < 1.29 is 66.4 Å². The monoisotopic (exact) mass is 1740 g/mol. The normalized spacial score (nSPS) is 15.5. The second-order valence-electron chi connectivity index (χ2n) is 37.1. The van der Waals surface area contributed by atoms with Gasteiger partial charge in [0.1, 0.15) is 66.3 Å². The van der Waals surface area contributed by atoms with E-state index >= 15 is 9.18 Å². The van der Waals surface area contributed by atoms with Crippen molar-refractivity contribution in [1.29, 1.82) is 0 Å². The molecule has 7 aromatic rings. The third-order valence-electron chi connectivity index (χ3n) is 24.5. The second-order valence-corrected chi connectivity index (χ2v) is 37.1. The van der Waals surface area contributed by atoms with Gasteiger partial charge >= 0.3 is 12.1 Å². The van der Waals surface area contributed by atoms with E-state index < -0.39 is 101 Å². The Kier molecular flexibility index (Phi) is 40.6. The maximum Gasteiger partial charge on any atom is 0.407 e. The Morgan fingerprint density at radius 2 is 0.953 bits per heavy atom. The fourth-order valence-corrected chi connectivity index (χ4v) is 17.8. The van der Waals surface area contributed by atoms with E-state index in [0.717, 1.165) is 72.3 Å². The molecule has 19 nitrogen and oxygen atoms in total. The van der Waals surface area contributed by atoms with E-state index in [-0.39, 0.29) is 44.9 Å². The summed E-state index contributed by atoms with van der Waals surface area (Å²) in [6, 6.07) is 44.9. The summed E-state index contributed by atoms with van der Waals surface area (Å²) in [6.45, 7) is 16.3. The lowest BCUT2D eigenvalue weighted by atomic mass is 9.83. The smallest absolute Gasteiger partial charge is 0.407 e. The maximum atomic E-state index is 15.6. The van der Waals surface area contributed by atoms with Crippen molar-refractivity contribution in [2.45, 2.75) is 327 Å². The maximum absolute atomic E-state index is 15.6. The summed E-state index contributed by atoms with van der Waals surface area (Å²) in [6.07, 6.45) is 39.1. The molecule has 7 aromatic carbocycles. The zero-order chi connectivity index (χ0) is 90.2. The van der Waals surface area contributed by atoms with Crippen LogP contribution in [-0.4, -0.2) is 134 Å². The minimum Gasteiger partial charge on any atom is -0.494 e. The topological polar surface area (TPSA) is 238 Å². The number of alkyl carbamates (subject to hydrolysis) is 1. The van der Waals surface area contributed by atoms with Crippen molar-refractivity contribution in [3.63, 3.8) is 0 Å². The molecule has 0 spiro atoms. The van der Waals surface area contributed by atoms with E-state index in [1.165, 1.54) is 191 Å². The van der Waals surface area contributed by atoms with Gasteiger partial charge < -0.3 is 59.9 Å². The predicted octanol–water partition coefficient (Wildman–Crippen LogP) is 21.7. The number of benzene rings is 7. The largest absolute Gasteiger partial charge is 0.494 e. The third kappa shape index (κ3) is 31.8. The Bertz CT molecular complexity index is 4520. The van der Waals surface area contributed by atoms with Gasteiger partial charge in [-0.15, -0.1) is 0 Å². The second kappa shape index (κ2) is 51.9. The van der Waals surface area contributed by atoms with Crippen molar-refractivity contribution >= 4 is 41.6 Å². The van der Waals surface area contributed by atoms with Crippen LogP contribution in [0.2, 0.25) is 0 Å². The standard InChI is InChI=1S/C107H145FN6O13/c1-9-10-11-12-13-14-15-16-17-18-19-20-21-22-23-24-27-30-33-45-68-122-69-46-34-31-28-25-26-29-32-35-47-70-123-84-65-66-90-89-58-43-44-59-92(89)107(93(90)74-84,81-52-48-53-82(108)73-81)127-98(115)75-109-102(119)97-60-49-67-114(97)103(120)78(2)110-101(118)96(77-125-105(3,4)5)112-99(116)94(71-79-50-37-36-38-51-79)111-100(117)95(72-80-61-63-83(64-62-80)126-106(6,7)8)113-104(121)124-76-91-87-56-41-39-54-85(87)86-55-40-42-57-88(86)91/h36-44,48,50-59,61-66,73-74,78,91,94-97H,9-35,45-47,49,60,67-72,75-77H2,1-8H3,(H,109,119)(H,110,118)(H,111,117)(H,112,116)(H,113,121)/t78-,94-,95-,96-,97-,107?/m0/s1. The Labute approximate surface area is 756 Å². The minimum absolute atomic E-state index is 0.0204. The molecular weight excluding hydrogens is 1600 g/mol. The number of hydrogen-bond donors (Lipinski definition) is 5. The van der Waals surface area contributed by atoms with Gasteiger partial charge in [0.05, 0.1) is 18.8 Å². The first-order valence-electron chi connectivity index (χ1n) is 48.0. The lowest BCUT2D eigenvalue weighted by Crippen LogP contribution is -2.60. The van der Waals surface area contributed by atoms with Gasteiger partial charge in [-0.1, -0.05) is 314 Å². The van der Waals surface area contributed by atoms with E-state index in [0.29, 0.717) is 52.3 Å². The fourth-order valence-electron chi connectivity index (χ4n) is 17.8. The van der Waals surface area contributed by atoms with Gasteiger partial charge in [-0.05, 0) is 161 Å². The number of unbranched alkanes of at least 4 members (excludes halogenated alkanes) is 28. The van der Waals surface area contributed by atoms with E-state index in [2.05, 4.69) is 33.5 Å². The number of carbonyl (C=O) groups excluding carboxylic acids is 7. The zero-order valence-corrected chi connectivity index (χ0v) is 77.3.